The topological polar surface area (TPSA) is 65.5 Å². The second kappa shape index (κ2) is 11.8. The second-order valence-corrected chi connectivity index (χ2v) is 11.0. The largest absolute Gasteiger partial charge is 0.505 e. The standard InChI is InChI=1S/C29H35Cl2N3O2/c1-4-5-6-27(35)23-16-32-26-12-9-19(20-14-24(30)29(36)25(31)15-20)13-22(26)28(23)33-21-10-7-18(8-11-21)17-34(2)3/h9,12-16,18,21,36H,4-8,10-11,17H2,1-3H3,(H,32,33). The van der Waals surface area contributed by atoms with E-state index in [4.69, 9.17) is 23.2 Å². The van der Waals surface area contributed by atoms with Gasteiger partial charge in [-0.05, 0) is 87.5 Å². The molecule has 36 heavy (non-hydrogen) atoms. The fourth-order valence-corrected chi connectivity index (χ4v) is 5.64. The Morgan fingerprint density at radius 1 is 1.08 bits per heavy atom. The van der Waals surface area contributed by atoms with Crippen LogP contribution >= 0.6 is 23.2 Å². The molecular formula is C29H35Cl2N3O2. The monoisotopic (exact) mass is 527 g/mol. The molecule has 0 aliphatic heterocycles. The number of aromatic hydroxyl groups is 1. The lowest BCUT2D eigenvalue weighted by molar-refractivity contribution is 0.0980. The van der Waals surface area contributed by atoms with Crippen molar-refractivity contribution in [1.29, 1.82) is 0 Å². The molecule has 2 aromatic carbocycles. The van der Waals surface area contributed by atoms with E-state index in [-0.39, 0.29) is 21.6 Å². The Morgan fingerprint density at radius 3 is 2.42 bits per heavy atom. The lowest BCUT2D eigenvalue weighted by Crippen LogP contribution is -2.31. The quantitative estimate of drug-likeness (QED) is 0.277. The highest BCUT2D eigenvalue weighted by Gasteiger charge is 2.24. The highest BCUT2D eigenvalue weighted by Crippen LogP contribution is 2.39. The smallest absolute Gasteiger partial charge is 0.166 e. The number of hydrogen-bond donors (Lipinski definition) is 2. The molecule has 4 rings (SSSR count). The predicted octanol–water partition coefficient (Wildman–Crippen LogP) is 7.82. The molecule has 5 nitrogen and oxygen atoms in total. The predicted molar refractivity (Wildman–Crippen MR) is 151 cm³/mol. The van der Waals surface area contributed by atoms with Gasteiger partial charge in [-0.15, -0.1) is 0 Å². The van der Waals surface area contributed by atoms with Crippen molar-refractivity contribution < 1.29 is 9.90 Å². The Labute approximate surface area is 223 Å². The van der Waals surface area contributed by atoms with Gasteiger partial charge in [0.1, 0.15) is 0 Å². The number of pyridine rings is 1. The van der Waals surface area contributed by atoms with Gasteiger partial charge in [-0.1, -0.05) is 42.6 Å². The summed E-state index contributed by atoms with van der Waals surface area (Å²) in [4.78, 5) is 20.1. The summed E-state index contributed by atoms with van der Waals surface area (Å²) in [7, 11) is 4.27. The van der Waals surface area contributed by atoms with E-state index in [9.17, 15) is 9.90 Å². The van der Waals surface area contributed by atoms with Crippen molar-refractivity contribution >= 4 is 45.6 Å². The zero-order valence-electron chi connectivity index (χ0n) is 21.3. The maximum Gasteiger partial charge on any atom is 0.166 e. The van der Waals surface area contributed by atoms with Crippen molar-refractivity contribution in [3.05, 3.63) is 52.1 Å². The number of phenolic OH excluding ortho intramolecular Hbond substituents is 1. The second-order valence-electron chi connectivity index (χ2n) is 10.2. The summed E-state index contributed by atoms with van der Waals surface area (Å²) in [5.74, 6) is 0.713. The number of ketones is 1. The van der Waals surface area contributed by atoms with E-state index in [2.05, 4.69) is 36.2 Å². The maximum atomic E-state index is 13.2. The summed E-state index contributed by atoms with van der Waals surface area (Å²) >= 11 is 12.4. The number of Topliss-reactive ketones (excluding diaryl/α,β-unsaturated/α-hetero) is 1. The molecule has 1 aromatic heterocycles. The van der Waals surface area contributed by atoms with Crippen LogP contribution in [0.25, 0.3) is 22.0 Å². The number of phenols is 1. The fourth-order valence-electron chi connectivity index (χ4n) is 5.15. The zero-order chi connectivity index (χ0) is 25.8. The first-order chi connectivity index (χ1) is 17.3. The van der Waals surface area contributed by atoms with Crippen LogP contribution in [-0.2, 0) is 0 Å². The molecule has 0 saturated heterocycles. The van der Waals surface area contributed by atoms with Crippen LogP contribution in [-0.4, -0.2) is 47.5 Å². The van der Waals surface area contributed by atoms with Gasteiger partial charge in [0.05, 0.1) is 26.8 Å². The van der Waals surface area contributed by atoms with Gasteiger partial charge in [-0.25, -0.2) is 0 Å². The number of carbonyl (C=O) groups excluding carboxylic acids is 1. The Hall–Kier alpha value is -2.34. The van der Waals surface area contributed by atoms with Crippen molar-refractivity contribution in [3.63, 3.8) is 0 Å². The molecule has 7 heteroatoms. The van der Waals surface area contributed by atoms with Crippen molar-refractivity contribution in [2.75, 3.05) is 26.0 Å². The molecule has 0 atom stereocenters. The first-order valence-corrected chi connectivity index (χ1v) is 13.6. The Bertz CT molecular complexity index is 1210. The lowest BCUT2D eigenvalue weighted by Gasteiger charge is -2.32. The first-order valence-electron chi connectivity index (χ1n) is 12.8. The number of anilines is 1. The van der Waals surface area contributed by atoms with Gasteiger partial charge in [-0.2, -0.15) is 0 Å². The molecule has 0 radical (unpaired) electrons. The molecule has 1 aliphatic carbocycles. The van der Waals surface area contributed by atoms with Crippen molar-refractivity contribution in [2.45, 2.75) is 57.9 Å². The Balaban J connectivity index is 1.73. The van der Waals surface area contributed by atoms with Gasteiger partial charge in [-0.3, -0.25) is 9.78 Å². The molecule has 2 N–H and O–H groups in total. The van der Waals surface area contributed by atoms with Gasteiger partial charge in [0.25, 0.3) is 0 Å². The van der Waals surface area contributed by atoms with E-state index < -0.39 is 0 Å². The minimum atomic E-state index is -0.124. The van der Waals surface area contributed by atoms with Crippen molar-refractivity contribution in [2.24, 2.45) is 5.92 Å². The lowest BCUT2D eigenvalue weighted by atomic mass is 9.85. The molecule has 0 bridgehead atoms. The van der Waals surface area contributed by atoms with Gasteiger partial charge < -0.3 is 15.3 Å². The third kappa shape index (κ3) is 6.13. The van der Waals surface area contributed by atoms with Gasteiger partial charge in [0.15, 0.2) is 11.5 Å². The van der Waals surface area contributed by atoms with Gasteiger partial charge in [0.2, 0.25) is 0 Å². The molecule has 0 amide bonds. The first kappa shape index (κ1) is 26.7. The Morgan fingerprint density at radius 2 is 1.78 bits per heavy atom. The summed E-state index contributed by atoms with van der Waals surface area (Å²) in [6.45, 7) is 3.21. The molecule has 3 aromatic rings. The molecule has 1 aliphatic rings. The van der Waals surface area contributed by atoms with E-state index in [1.165, 1.54) is 12.8 Å². The van der Waals surface area contributed by atoms with Gasteiger partial charge in [0, 0.05) is 30.6 Å². The number of aromatic nitrogens is 1. The van der Waals surface area contributed by atoms with Crippen molar-refractivity contribution in [1.82, 2.24) is 9.88 Å². The molecule has 1 saturated carbocycles. The van der Waals surface area contributed by atoms with E-state index >= 15 is 0 Å². The third-order valence-electron chi connectivity index (χ3n) is 7.09. The van der Waals surface area contributed by atoms with Crippen LogP contribution < -0.4 is 5.32 Å². The number of nitrogens with zero attached hydrogens (tertiary/aromatic N) is 2. The summed E-state index contributed by atoms with van der Waals surface area (Å²) in [5, 5.41) is 15.1. The number of unbranched alkanes of at least 4 members (excludes halogenated alkanes) is 1. The van der Waals surface area contributed by atoms with Gasteiger partial charge >= 0.3 is 0 Å². The van der Waals surface area contributed by atoms with E-state index in [0.717, 1.165) is 59.9 Å². The molecular weight excluding hydrogens is 493 g/mol. The highest BCUT2D eigenvalue weighted by atomic mass is 35.5. The zero-order valence-corrected chi connectivity index (χ0v) is 22.8. The number of rotatable bonds is 9. The number of hydrogen-bond acceptors (Lipinski definition) is 5. The van der Waals surface area contributed by atoms with Crippen LogP contribution in [0, 0.1) is 5.92 Å². The summed E-state index contributed by atoms with van der Waals surface area (Å²) < 4.78 is 0. The number of halogens is 2. The van der Waals surface area contributed by atoms with E-state index in [1.54, 1.807) is 18.3 Å². The summed E-state index contributed by atoms with van der Waals surface area (Å²) in [5.41, 5.74) is 4.04. The van der Waals surface area contributed by atoms with Crippen LogP contribution in [0.5, 0.6) is 5.75 Å². The average molecular weight is 529 g/mol. The molecule has 0 spiro atoms. The minimum absolute atomic E-state index is 0.121. The van der Waals surface area contributed by atoms with Crippen molar-refractivity contribution in [3.8, 4) is 16.9 Å². The third-order valence-corrected chi connectivity index (χ3v) is 7.67. The van der Waals surface area contributed by atoms with Crippen LogP contribution in [0.2, 0.25) is 10.0 Å². The Kier molecular flexibility index (Phi) is 8.76. The average Bonchev–Trinajstić information content (AvgIpc) is 2.86. The van der Waals surface area contributed by atoms with Crippen LogP contribution in [0.3, 0.4) is 0 Å². The number of carbonyl (C=O) groups is 1. The molecule has 0 unspecified atom stereocenters. The SMILES string of the molecule is CCCCC(=O)c1cnc2ccc(-c3cc(Cl)c(O)c(Cl)c3)cc2c1NC1CCC(CN(C)C)CC1. The highest BCUT2D eigenvalue weighted by molar-refractivity contribution is 6.37. The molecule has 1 heterocycles. The normalized spacial score (nSPS) is 18.1. The summed E-state index contributed by atoms with van der Waals surface area (Å²) in [6.07, 6.45) is 8.57. The summed E-state index contributed by atoms with van der Waals surface area (Å²) in [6, 6.07) is 9.67. The van der Waals surface area contributed by atoms with E-state index in [1.807, 2.05) is 18.2 Å². The minimum Gasteiger partial charge on any atom is -0.505 e. The molecule has 1 fully saturated rings. The molecule has 192 valence electrons. The van der Waals surface area contributed by atoms with Crippen LogP contribution in [0.1, 0.15) is 62.2 Å². The number of benzene rings is 2. The number of nitrogens with one attached hydrogen (secondary N) is 1. The van der Waals surface area contributed by atoms with E-state index in [0.29, 0.717) is 23.9 Å². The number of fused-ring (bicyclic) bond motifs is 1. The fraction of sp³-hybridized carbons (Fsp3) is 0.448. The van der Waals surface area contributed by atoms with Crippen LogP contribution in [0.4, 0.5) is 5.69 Å². The maximum absolute atomic E-state index is 13.2. The van der Waals surface area contributed by atoms with Crippen LogP contribution in [0.15, 0.2) is 36.5 Å².